The zero-order valence-electron chi connectivity index (χ0n) is 11.4. The Balaban J connectivity index is 2.03. The van der Waals surface area contributed by atoms with Crippen LogP contribution in [-0.2, 0) is 0 Å². The number of carbonyl (C=O) groups is 1. The second-order valence-electron chi connectivity index (χ2n) is 4.70. The van der Waals surface area contributed by atoms with Gasteiger partial charge in [-0.05, 0) is 17.7 Å². The fourth-order valence-corrected chi connectivity index (χ4v) is 2.10. The number of nitrogens with one attached hydrogen (secondary N) is 1. The summed E-state index contributed by atoms with van der Waals surface area (Å²) < 4.78 is 0. The molecule has 108 valence electrons. The van der Waals surface area contributed by atoms with Crippen molar-refractivity contribution in [1.29, 1.82) is 0 Å². The molecule has 0 radical (unpaired) electrons. The van der Waals surface area contributed by atoms with Gasteiger partial charge in [-0.15, -0.1) is 0 Å². The van der Waals surface area contributed by atoms with E-state index >= 15 is 0 Å². The largest absolute Gasteiger partial charge is 0.351 e. The minimum Gasteiger partial charge on any atom is -0.351 e. The van der Waals surface area contributed by atoms with Gasteiger partial charge in [0.2, 0.25) is 6.54 Å². The summed E-state index contributed by atoms with van der Waals surface area (Å²) >= 11 is 0. The van der Waals surface area contributed by atoms with Crippen LogP contribution in [0.1, 0.15) is 21.8 Å². The van der Waals surface area contributed by atoms with E-state index in [1.807, 2.05) is 36.4 Å². The molecule has 2 aromatic carbocycles. The number of rotatable bonds is 6. The summed E-state index contributed by atoms with van der Waals surface area (Å²) in [7, 11) is 0. The Labute approximate surface area is 122 Å². The number of carbonyl (C=O) groups excluding carboxylic acids is 1. The van der Waals surface area contributed by atoms with Crippen molar-refractivity contribution in [2.24, 2.45) is 0 Å². The smallest absolute Gasteiger partial charge is 0.251 e. The summed E-state index contributed by atoms with van der Waals surface area (Å²) in [6.07, 6.45) is 0. The monoisotopic (exact) mass is 284 g/mol. The Morgan fingerprint density at radius 3 is 2.19 bits per heavy atom. The lowest BCUT2D eigenvalue weighted by atomic mass is 9.99. The van der Waals surface area contributed by atoms with Crippen LogP contribution in [0.5, 0.6) is 0 Å². The van der Waals surface area contributed by atoms with Gasteiger partial charge >= 0.3 is 0 Å². The predicted octanol–water partition coefficient (Wildman–Crippen LogP) is 2.48. The highest BCUT2D eigenvalue weighted by molar-refractivity contribution is 5.94. The molecule has 2 rings (SSSR count). The summed E-state index contributed by atoms with van der Waals surface area (Å²) in [4.78, 5) is 22.4. The average Bonchev–Trinajstić information content (AvgIpc) is 2.52. The molecule has 5 nitrogen and oxygen atoms in total. The van der Waals surface area contributed by atoms with E-state index in [9.17, 15) is 14.9 Å². The molecular weight excluding hydrogens is 268 g/mol. The summed E-state index contributed by atoms with van der Waals surface area (Å²) in [5.41, 5.74) is 1.40. The maximum Gasteiger partial charge on any atom is 0.251 e. The maximum absolute atomic E-state index is 12.0. The van der Waals surface area contributed by atoms with Gasteiger partial charge in [-0.25, -0.2) is 0 Å². The van der Waals surface area contributed by atoms with E-state index in [4.69, 9.17) is 0 Å². The number of amides is 1. The van der Waals surface area contributed by atoms with Crippen molar-refractivity contribution in [2.75, 3.05) is 13.1 Å². The van der Waals surface area contributed by atoms with Crippen LogP contribution in [0.2, 0.25) is 0 Å². The van der Waals surface area contributed by atoms with Gasteiger partial charge in [0.05, 0.1) is 5.92 Å². The number of nitrogens with zero attached hydrogens (tertiary/aromatic N) is 1. The minimum absolute atomic E-state index is 0.209. The fourth-order valence-electron chi connectivity index (χ4n) is 2.10. The van der Waals surface area contributed by atoms with Crippen molar-refractivity contribution < 1.29 is 9.72 Å². The molecular formula is C16H16N2O3. The third kappa shape index (κ3) is 4.42. The molecule has 0 saturated heterocycles. The Kier molecular flexibility index (Phi) is 5.04. The molecule has 21 heavy (non-hydrogen) atoms. The standard InChI is InChI=1S/C16H16N2O3/c19-16(14-9-5-2-6-10-14)17-11-15(12-18(20)21)13-7-3-1-4-8-13/h1-10,15H,11-12H2,(H,17,19). The number of benzene rings is 2. The fraction of sp³-hybridized carbons (Fsp3) is 0.188. The zero-order valence-corrected chi connectivity index (χ0v) is 11.4. The van der Waals surface area contributed by atoms with E-state index in [2.05, 4.69) is 5.32 Å². The highest BCUT2D eigenvalue weighted by Crippen LogP contribution is 2.15. The molecule has 0 aliphatic carbocycles. The van der Waals surface area contributed by atoms with Crippen molar-refractivity contribution in [3.8, 4) is 0 Å². The van der Waals surface area contributed by atoms with E-state index in [0.717, 1.165) is 5.56 Å². The van der Waals surface area contributed by atoms with E-state index in [-0.39, 0.29) is 29.8 Å². The normalized spacial score (nSPS) is 11.6. The molecule has 0 saturated carbocycles. The molecule has 0 fully saturated rings. The molecule has 2 aromatic rings. The molecule has 0 aromatic heterocycles. The molecule has 1 N–H and O–H groups in total. The SMILES string of the molecule is O=C(NCC(C[N+](=O)[O-])c1ccccc1)c1ccccc1. The molecule has 0 aliphatic rings. The summed E-state index contributed by atoms with van der Waals surface area (Å²) in [5.74, 6) is -0.561. The van der Waals surface area contributed by atoms with Crippen LogP contribution in [0.4, 0.5) is 0 Å². The van der Waals surface area contributed by atoms with Crippen LogP contribution in [0.3, 0.4) is 0 Å². The lowest BCUT2D eigenvalue weighted by Crippen LogP contribution is -2.31. The molecule has 0 aliphatic heterocycles. The average molecular weight is 284 g/mol. The van der Waals surface area contributed by atoms with Crippen molar-refractivity contribution in [3.63, 3.8) is 0 Å². The van der Waals surface area contributed by atoms with E-state index in [0.29, 0.717) is 5.56 Å². The number of nitro groups is 1. The zero-order chi connectivity index (χ0) is 15.1. The quantitative estimate of drug-likeness (QED) is 0.654. The second-order valence-corrected chi connectivity index (χ2v) is 4.70. The van der Waals surface area contributed by atoms with Crippen LogP contribution in [0.25, 0.3) is 0 Å². The lowest BCUT2D eigenvalue weighted by Gasteiger charge is -2.14. The molecule has 0 bridgehead atoms. The van der Waals surface area contributed by atoms with Gasteiger partial charge in [0.1, 0.15) is 0 Å². The first kappa shape index (κ1) is 14.7. The molecule has 5 heteroatoms. The second kappa shape index (κ2) is 7.19. The molecule has 1 atom stereocenters. The van der Waals surface area contributed by atoms with Crippen LogP contribution in [-0.4, -0.2) is 23.9 Å². The maximum atomic E-state index is 12.0. The molecule has 0 heterocycles. The Hall–Kier alpha value is -2.69. The van der Waals surface area contributed by atoms with E-state index in [1.54, 1.807) is 24.3 Å². The van der Waals surface area contributed by atoms with E-state index in [1.165, 1.54) is 0 Å². The third-order valence-electron chi connectivity index (χ3n) is 3.19. The number of hydrogen-bond acceptors (Lipinski definition) is 3. The molecule has 1 amide bonds. The van der Waals surface area contributed by atoms with Gasteiger partial charge in [-0.1, -0.05) is 48.5 Å². The summed E-state index contributed by atoms with van der Waals surface area (Å²) in [5, 5.41) is 13.6. The van der Waals surface area contributed by atoms with Crippen molar-refractivity contribution >= 4 is 5.91 Å². The Bertz CT molecular complexity index is 599. The lowest BCUT2D eigenvalue weighted by molar-refractivity contribution is -0.483. The highest BCUT2D eigenvalue weighted by Gasteiger charge is 2.18. The Morgan fingerprint density at radius 2 is 1.62 bits per heavy atom. The van der Waals surface area contributed by atoms with Crippen LogP contribution in [0, 0.1) is 10.1 Å². The minimum atomic E-state index is -0.355. The van der Waals surface area contributed by atoms with Crippen molar-refractivity contribution in [1.82, 2.24) is 5.32 Å². The van der Waals surface area contributed by atoms with Gasteiger partial charge in [0.25, 0.3) is 5.91 Å². The van der Waals surface area contributed by atoms with Gasteiger partial charge in [-0.3, -0.25) is 14.9 Å². The predicted molar refractivity (Wildman–Crippen MR) is 79.8 cm³/mol. The summed E-state index contributed by atoms with van der Waals surface area (Å²) in [6, 6.07) is 18.0. The van der Waals surface area contributed by atoms with E-state index < -0.39 is 0 Å². The topological polar surface area (TPSA) is 72.2 Å². The number of hydrogen-bond donors (Lipinski definition) is 1. The highest BCUT2D eigenvalue weighted by atomic mass is 16.6. The molecule has 0 spiro atoms. The van der Waals surface area contributed by atoms with Gasteiger partial charge < -0.3 is 5.32 Å². The summed E-state index contributed by atoms with van der Waals surface area (Å²) in [6.45, 7) is 0.0256. The first-order valence-electron chi connectivity index (χ1n) is 6.67. The van der Waals surface area contributed by atoms with Crippen LogP contribution in [0.15, 0.2) is 60.7 Å². The van der Waals surface area contributed by atoms with Gasteiger partial charge in [-0.2, -0.15) is 0 Å². The molecule has 1 unspecified atom stereocenters. The van der Waals surface area contributed by atoms with Crippen molar-refractivity contribution in [3.05, 3.63) is 81.9 Å². The van der Waals surface area contributed by atoms with Crippen molar-refractivity contribution in [2.45, 2.75) is 5.92 Å². The van der Waals surface area contributed by atoms with Gasteiger partial charge in [0, 0.05) is 17.0 Å². The first-order valence-corrected chi connectivity index (χ1v) is 6.67. The first-order chi connectivity index (χ1) is 10.2. The van der Waals surface area contributed by atoms with Crippen LogP contribution < -0.4 is 5.32 Å². The van der Waals surface area contributed by atoms with Gasteiger partial charge in [0.15, 0.2) is 0 Å². The Morgan fingerprint density at radius 1 is 1.05 bits per heavy atom. The van der Waals surface area contributed by atoms with Crippen LogP contribution >= 0.6 is 0 Å². The third-order valence-corrected chi connectivity index (χ3v) is 3.19.